The lowest BCUT2D eigenvalue weighted by atomic mass is 10.3. The van der Waals surface area contributed by atoms with E-state index >= 15 is 0 Å². The van der Waals surface area contributed by atoms with Crippen LogP contribution < -0.4 is 10.1 Å². The molecule has 0 aliphatic carbocycles. The van der Waals surface area contributed by atoms with Crippen LogP contribution in [0.25, 0.3) is 0 Å². The largest absolute Gasteiger partial charge is 0.482 e. The van der Waals surface area contributed by atoms with Crippen LogP contribution in [0.3, 0.4) is 0 Å². The molecule has 5 nitrogen and oxygen atoms in total. The second-order valence-electron chi connectivity index (χ2n) is 2.99. The summed E-state index contributed by atoms with van der Waals surface area (Å²) < 4.78 is 27.1. The highest BCUT2D eigenvalue weighted by atomic mass is 35.7. The first kappa shape index (κ1) is 14.1. The summed E-state index contributed by atoms with van der Waals surface area (Å²) >= 11 is 5.78. The van der Waals surface area contributed by atoms with Gasteiger partial charge in [-0.3, -0.25) is 4.79 Å². The van der Waals surface area contributed by atoms with Crippen molar-refractivity contribution >= 4 is 37.2 Å². The number of amides is 1. The predicted molar refractivity (Wildman–Crippen MR) is 64.1 cm³/mol. The van der Waals surface area contributed by atoms with Gasteiger partial charge in [0.2, 0.25) is 0 Å². The third-order valence-electron chi connectivity index (χ3n) is 1.82. The standard InChI is InChI=1S/C9H9Cl2NO4S/c1-12-9(13)5-16-8-3-2-6(4-7(8)10)17(11,14)15/h2-4H,5H2,1H3,(H,12,13). The Morgan fingerprint density at radius 3 is 2.59 bits per heavy atom. The number of hydrogen-bond acceptors (Lipinski definition) is 4. The van der Waals surface area contributed by atoms with Crippen molar-refractivity contribution in [3.05, 3.63) is 23.2 Å². The number of halogens is 2. The maximum atomic E-state index is 11.0. The molecule has 94 valence electrons. The van der Waals surface area contributed by atoms with E-state index in [9.17, 15) is 13.2 Å². The van der Waals surface area contributed by atoms with E-state index in [2.05, 4.69) is 5.32 Å². The highest BCUT2D eigenvalue weighted by molar-refractivity contribution is 8.13. The second kappa shape index (κ2) is 5.57. The van der Waals surface area contributed by atoms with Gasteiger partial charge in [0, 0.05) is 17.7 Å². The van der Waals surface area contributed by atoms with E-state index in [0.29, 0.717) is 0 Å². The van der Waals surface area contributed by atoms with Crippen molar-refractivity contribution < 1.29 is 17.9 Å². The molecule has 0 spiro atoms. The lowest BCUT2D eigenvalue weighted by Crippen LogP contribution is -2.24. The molecule has 1 N–H and O–H groups in total. The highest BCUT2D eigenvalue weighted by Gasteiger charge is 2.13. The minimum absolute atomic E-state index is 0.0654. The minimum Gasteiger partial charge on any atom is -0.482 e. The zero-order valence-corrected chi connectivity index (χ0v) is 11.1. The molecule has 1 amide bonds. The summed E-state index contributed by atoms with van der Waals surface area (Å²) in [6, 6.07) is 3.73. The van der Waals surface area contributed by atoms with Gasteiger partial charge in [-0.25, -0.2) is 8.42 Å². The Morgan fingerprint density at radius 2 is 2.12 bits per heavy atom. The van der Waals surface area contributed by atoms with Crippen LogP contribution in [0.15, 0.2) is 23.1 Å². The van der Waals surface area contributed by atoms with Gasteiger partial charge in [0.25, 0.3) is 15.0 Å². The van der Waals surface area contributed by atoms with Gasteiger partial charge >= 0.3 is 0 Å². The Morgan fingerprint density at radius 1 is 1.47 bits per heavy atom. The van der Waals surface area contributed by atoms with Crippen molar-refractivity contribution in [3.63, 3.8) is 0 Å². The van der Waals surface area contributed by atoms with Gasteiger partial charge in [-0.1, -0.05) is 11.6 Å². The summed E-state index contributed by atoms with van der Waals surface area (Å²) in [7, 11) is 2.79. The monoisotopic (exact) mass is 297 g/mol. The van der Waals surface area contributed by atoms with Crippen molar-refractivity contribution in [2.45, 2.75) is 4.90 Å². The maximum Gasteiger partial charge on any atom is 0.261 e. The molecule has 1 rings (SSSR count). The van der Waals surface area contributed by atoms with Crippen LogP contribution >= 0.6 is 22.3 Å². The quantitative estimate of drug-likeness (QED) is 0.853. The summed E-state index contributed by atoms with van der Waals surface area (Å²) in [5.41, 5.74) is 0. The molecule has 0 fully saturated rings. The summed E-state index contributed by atoms with van der Waals surface area (Å²) in [6.07, 6.45) is 0. The molecule has 0 bridgehead atoms. The molecule has 0 aliphatic rings. The topological polar surface area (TPSA) is 72.5 Å². The highest BCUT2D eigenvalue weighted by Crippen LogP contribution is 2.28. The second-order valence-corrected chi connectivity index (χ2v) is 5.97. The fourth-order valence-corrected chi connectivity index (χ4v) is 2.04. The van der Waals surface area contributed by atoms with Gasteiger partial charge in [0.05, 0.1) is 9.92 Å². The molecule has 1 aromatic carbocycles. The van der Waals surface area contributed by atoms with E-state index in [1.165, 1.54) is 19.2 Å². The lowest BCUT2D eigenvalue weighted by molar-refractivity contribution is -0.122. The van der Waals surface area contributed by atoms with Gasteiger partial charge < -0.3 is 10.1 Å². The number of rotatable bonds is 4. The third kappa shape index (κ3) is 4.07. The Labute approximate surface area is 108 Å². The number of carbonyl (C=O) groups is 1. The molecule has 1 aromatic rings. The number of carbonyl (C=O) groups excluding carboxylic acids is 1. The molecule has 0 radical (unpaired) electrons. The fraction of sp³-hybridized carbons (Fsp3) is 0.222. The Kier molecular flexibility index (Phi) is 4.62. The van der Waals surface area contributed by atoms with E-state index in [-0.39, 0.29) is 28.2 Å². The van der Waals surface area contributed by atoms with E-state index in [1.807, 2.05) is 0 Å². The third-order valence-corrected chi connectivity index (χ3v) is 3.47. The van der Waals surface area contributed by atoms with E-state index in [4.69, 9.17) is 27.0 Å². The maximum absolute atomic E-state index is 11.0. The van der Waals surface area contributed by atoms with E-state index in [1.54, 1.807) is 0 Å². The average molecular weight is 298 g/mol. The molecular formula is C9H9Cl2NO4S. The van der Waals surface area contributed by atoms with Crippen molar-refractivity contribution in [1.82, 2.24) is 5.32 Å². The van der Waals surface area contributed by atoms with Crippen molar-refractivity contribution in [3.8, 4) is 5.75 Å². The van der Waals surface area contributed by atoms with E-state index < -0.39 is 9.05 Å². The Hall–Kier alpha value is -0.980. The first-order chi connectivity index (χ1) is 7.84. The molecule has 17 heavy (non-hydrogen) atoms. The van der Waals surface area contributed by atoms with Crippen molar-refractivity contribution in [2.75, 3.05) is 13.7 Å². The summed E-state index contributed by atoms with van der Waals surface area (Å²) in [5.74, 6) is -0.116. The molecule has 0 aliphatic heterocycles. The van der Waals surface area contributed by atoms with Gasteiger partial charge in [-0.05, 0) is 18.2 Å². The summed E-state index contributed by atoms with van der Waals surface area (Å²) in [5, 5.41) is 2.43. The van der Waals surface area contributed by atoms with Crippen molar-refractivity contribution in [2.24, 2.45) is 0 Å². The van der Waals surface area contributed by atoms with Gasteiger partial charge in [-0.2, -0.15) is 0 Å². The smallest absolute Gasteiger partial charge is 0.261 e. The van der Waals surface area contributed by atoms with Crippen LogP contribution in [0.1, 0.15) is 0 Å². The molecule has 8 heteroatoms. The van der Waals surface area contributed by atoms with Crippen LogP contribution in [0.2, 0.25) is 5.02 Å². The molecular weight excluding hydrogens is 289 g/mol. The molecule has 0 unspecified atom stereocenters. The molecule has 0 saturated carbocycles. The number of ether oxygens (including phenoxy) is 1. The molecule has 0 saturated heterocycles. The van der Waals surface area contributed by atoms with Gasteiger partial charge in [0.15, 0.2) is 6.61 Å². The predicted octanol–water partition coefficient (Wildman–Crippen LogP) is 1.39. The molecule has 0 heterocycles. The lowest BCUT2D eigenvalue weighted by Gasteiger charge is -2.07. The first-order valence-corrected chi connectivity index (χ1v) is 7.11. The fourth-order valence-electron chi connectivity index (χ4n) is 0.966. The number of benzene rings is 1. The average Bonchev–Trinajstić information content (AvgIpc) is 2.25. The first-order valence-electron chi connectivity index (χ1n) is 4.42. The van der Waals surface area contributed by atoms with Crippen LogP contribution in [0.5, 0.6) is 5.75 Å². The van der Waals surface area contributed by atoms with E-state index in [0.717, 1.165) is 6.07 Å². The molecule has 0 atom stereocenters. The normalized spacial score (nSPS) is 11.0. The number of nitrogens with one attached hydrogen (secondary N) is 1. The SMILES string of the molecule is CNC(=O)COc1ccc(S(=O)(=O)Cl)cc1Cl. The molecule has 0 aromatic heterocycles. The number of hydrogen-bond donors (Lipinski definition) is 1. The minimum atomic E-state index is -3.83. The van der Waals surface area contributed by atoms with Gasteiger partial charge in [0.1, 0.15) is 5.75 Å². The zero-order valence-electron chi connectivity index (χ0n) is 8.74. The number of likely N-dealkylation sites (N-methyl/N-ethyl adjacent to an activating group) is 1. The van der Waals surface area contributed by atoms with Crippen LogP contribution in [-0.2, 0) is 13.8 Å². The Balaban J connectivity index is 2.88. The van der Waals surface area contributed by atoms with Gasteiger partial charge in [-0.15, -0.1) is 0 Å². The van der Waals surface area contributed by atoms with Crippen molar-refractivity contribution in [1.29, 1.82) is 0 Å². The summed E-state index contributed by atoms with van der Waals surface area (Å²) in [6.45, 7) is -0.205. The zero-order chi connectivity index (χ0) is 13.1. The Bertz CT molecular complexity index is 530. The van der Waals surface area contributed by atoms with Crippen LogP contribution in [0.4, 0.5) is 0 Å². The van der Waals surface area contributed by atoms with Crippen LogP contribution in [0, 0.1) is 0 Å². The summed E-state index contributed by atoms with van der Waals surface area (Å²) in [4.78, 5) is 10.8. The van der Waals surface area contributed by atoms with Crippen LogP contribution in [-0.4, -0.2) is 28.0 Å².